The number of hydrogen-bond acceptors (Lipinski definition) is 4. The van der Waals surface area contributed by atoms with Crippen LogP contribution in [-0.4, -0.2) is 9.97 Å². The van der Waals surface area contributed by atoms with Crippen molar-refractivity contribution in [3.05, 3.63) is 86.0 Å². The maximum Gasteiger partial charge on any atom is 0.265 e. The standard InChI is InChI=1S/C20H16N5S/c21-19-14-25(12-6-17(19)15-1-7-22-8-2-15)24-10-4-16(5-11-24)18-3-9-23-13-20(18)26/h1-14H,(H2-,21,22,26)/q+1/p+1. The third-order valence-corrected chi connectivity index (χ3v) is 4.52. The lowest BCUT2D eigenvalue weighted by Gasteiger charge is -2.03. The fraction of sp³-hybridized carbons (Fsp3) is 0. The molecule has 0 spiro atoms. The molecule has 0 atom stereocenters. The predicted octanol–water partition coefficient (Wildman–Crippen LogP) is 2.57. The van der Waals surface area contributed by atoms with E-state index in [0.29, 0.717) is 5.69 Å². The van der Waals surface area contributed by atoms with Crippen LogP contribution in [-0.2, 0) is 0 Å². The van der Waals surface area contributed by atoms with Crippen molar-refractivity contribution in [1.82, 2.24) is 9.97 Å². The molecule has 4 aromatic heterocycles. The number of thiol groups is 1. The highest BCUT2D eigenvalue weighted by Crippen LogP contribution is 2.24. The quantitative estimate of drug-likeness (QED) is 0.437. The fourth-order valence-electron chi connectivity index (χ4n) is 2.82. The maximum absolute atomic E-state index is 6.26. The van der Waals surface area contributed by atoms with Crippen LogP contribution >= 0.6 is 12.6 Å². The minimum Gasteiger partial charge on any atom is -0.393 e. The molecule has 0 fully saturated rings. The van der Waals surface area contributed by atoms with Gasteiger partial charge in [0.1, 0.15) is 5.69 Å². The summed E-state index contributed by atoms with van der Waals surface area (Å²) in [4.78, 5) is 8.97. The van der Waals surface area contributed by atoms with E-state index in [1.54, 1.807) is 24.8 Å². The lowest BCUT2D eigenvalue weighted by Crippen LogP contribution is -2.65. The second-order valence-electron chi connectivity index (χ2n) is 5.79. The lowest BCUT2D eigenvalue weighted by molar-refractivity contribution is -1.30. The molecular weight excluding hydrogens is 342 g/mol. The van der Waals surface area contributed by atoms with Crippen molar-refractivity contribution in [3.8, 4) is 22.3 Å². The van der Waals surface area contributed by atoms with Gasteiger partial charge in [-0.25, -0.2) is 0 Å². The van der Waals surface area contributed by atoms with Crippen molar-refractivity contribution in [3.63, 3.8) is 0 Å². The molecule has 0 aromatic carbocycles. The average Bonchev–Trinajstić information content (AvgIpc) is 2.69. The topological polar surface area (TPSA) is 59.6 Å². The van der Waals surface area contributed by atoms with E-state index in [2.05, 4.69) is 22.6 Å². The van der Waals surface area contributed by atoms with Crippen LogP contribution in [0.1, 0.15) is 0 Å². The van der Waals surface area contributed by atoms with Crippen LogP contribution in [0.25, 0.3) is 22.3 Å². The first-order chi connectivity index (χ1) is 12.7. The molecule has 0 unspecified atom stereocenters. The van der Waals surface area contributed by atoms with E-state index >= 15 is 0 Å². The molecule has 0 aliphatic heterocycles. The zero-order valence-electron chi connectivity index (χ0n) is 13.9. The zero-order chi connectivity index (χ0) is 17.9. The monoisotopic (exact) mass is 359 g/mol. The highest BCUT2D eigenvalue weighted by atomic mass is 32.1. The van der Waals surface area contributed by atoms with Crippen LogP contribution in [0.3, 0.4) is 0 Å². The number of aromatic nitrogens is 4. The molecular formula is C20H17N5S+2. The molecule has 0 saturated heterocycles. The van der Waals surface area contributed by atoms with Gasteiger partial charge in [-0.2, -0.15) is 0 Å². The summed E-state index contributed by atoms with van der Waals surface area (Å²) in [5.41, 5.74) is 11.1. The Labute approximate surface area is 156 Å². The minimum atomic E-state index is 0.696. The van der Waals surface area contributed by atoms with Gasteiger partial charge in [-0.15, -0.1) is 12.6 Å². The smallest absolute Gasteiger partial charge is 0.265 e. The van der Waals surface area contributed by atoms with E-state index in [1.807, 2.05) is 70.5 Å². The molecule has 126 valence electrons. The molecule has 2 N–H and O–H groups in total. The Morgan fingerprint density at radius 1 is 0.731 bits per heavy atom. The first-order valence-corrected chi connectivity index (χ1v) is 8.53. The fourth-order valence-corrected chi connectivity index (χ4v) is 3.09. The summed E-state index contributed by atoms with van der Waals surface area (Å²) in [5.74, 6) is 0. The number of nitrogens with zero attached hydrogens (tertiary/aromatic N) is 4. The van der Waals surface area contributed by atoms with E-state index in [4.69, 9.17) is 5.73 Å². The normalized spacial score (nSPS) is 10.7. The average molecular weight is 359 g/mol. The van der Waals surface area contributed by atoms with Crippen LogP contribution in [0.4, 0.5) is 5.69 Å². The van der Waals surface area contributed by atoms with Crippen LogP contribution in [0.15, 0.2) is 90.9 Å². The number of pyridine rings is 4. The second-order valence-corrected chi connectivity index (χ2v) is 6.27. The molecule has 6 heteroatoms. The Bertz CT molecular complexity index is 1050. The summed E-state index contributed by atoms with van der Waals surface area (Å²) in [5, 5.41) is 0. The molecule has 0 radical (unpaired) electrons. The number of rotatable bonds is 3. The number of nitrogens with two attached hydrogens (primary N) is 1. The van der Waals surface area contributed by atoms with Crippen molar-refractivity contribution < 1.29 is 9.35 Å². The molecule has 4 aromatic rings. The molecule has 4 heterocycles. The second kappa shape index (κ2) is 6.93. The van der Waals surface area contributed by atoms with Crippen LogP contribution in [0.2, 0.25) is 0 Å². The van der Waals surface area contributed by atoms with Crippen LogP contribution in [0, 0.1) is 0 Å². The Hall–Kier alpha value is -3.25. The molecule has 0 saturated carbocycles. The molecule has 0 amide bonds. The summed E-state index contributed by atoms with van der Waals surface area (Å²) in [6.45, 7) is 0. The van der Waals surface area contributed by atoms with Gasteiger partial charge >= 0.3 is 0 Å². The molecule has 4 rings (SSSR count). The predicted molar refractivity (Wildman–Crippen MR) is 102 cm³/mol. The molecule has 26 heavy (non-hydrogen) atoms. The first-order valence-electron chi connectivity index (χ1n) is 8.09. The van der Waals surface area contributed by atoms with Gasteiger partial charge in [0.2, 0.25) is 18.6 Å². The summed E-state index contributed by atoms with van der Waals surface area (Å²) < 4.78 is 3.88. The summed E-state index contributed by atoms with van der Waals surface area (Å²) in [7, 11) is 0. The van der Waals surface area contributed by atoms with Crippen molar-refractivity contribution in [2.45, 2.75) is 4.90 Å². The van der Waals surface area contributed by atoms with Gasteiger partial charge in [0.25, 0.3) is 6.20 Å². The Kier molecular flexibility index (Phi) is 4.33. The van der Waals surface area contributed by atoms with Gasteiger partial charge in [0, 0.05) is 53.4 Å². The van der Waals surface area contributed by atoms with Crippen molar-refractivity contribution in [2.75, 3.05) is 5.73 Å². The van der Waals surface area contributed by atoms with Crippen molar-refractivity contribution >= 4 is 18.3 Å². The molecule has 0 aliphatic rings. The highest BCUT2D eigenvalue weighted by Gasteiger charge is 2.16. The molecule has 0 aliphatic carbocycles. The van der Waals surface area contributed by atoms with Crippen LogP contribution < -0.4 is 15.1 Å². The van der Waals surface area contributed by atoms with E-state index < -0.39 is 0 Å². The van der Waals surface area contributed by atoms with Gasteiger partial charge < -0.3 is 5.73 Å². The van der Waals surface area contributed by atoms with Crippen molar-refractivity contribution in [2.24, 2.45) is 0 Å². The largest absolute Gasteiger partial charge is 0.393 e. The van der Waals surface area contributed by atoms with E-state index in [-0.39, 0.29) is 0 Å². The van der Waals surface area contributed by atoms with Crippen LogP contribution in [0.5, 0.6) is 0 Å². The minimum absolute atomic E-state index is 0.696. The number of nitrogen functional groups attached to an aromatic ring is 1. The molecule has 5 nitrogen and oxygen atoms in total. The van der Waals surface area contributed by atoms with Gasteiger partial charge in [-0.05, 0) is 34.9 Å². The number of hydrogen-bond donors (Lipinski definition) is 2. The highest BCUT2D eigenvalue weighted by molar-refractivity contribution is 7.80. The Balaban J connectivity index is 1.66. The zero-order valence-corrected chi connectivity index (χ0v) is 14.8. The summed E-state index contributed by atoms with van der Waals surface area (Å²) in [6.07, 6.45) is 14.9. The van der Waals surface area contributed by atoms with Crippen molar-refractivity contribution in [1.29, 1.82) is 0 Å². The van der Waals surface area contributed by atoms with E-state index in [9.17, 15) is 0 Å². The Morgan fingerprint density at radius 2 is 1.38 bits per heavy atom. The lowest BCUT2D eigenvalue weighted by atomic mass is 10.1. The summed E-state index contributed by atoms with van der Waals surface area (Å²) >= 11 is 4.47. The van der Waals surface area contributed by atoms with Gasteiger partial charge in [0.15, 0.2) is 0 Å². The SMILES string of the molecule is Nc1c[n+](-[n+]2ccc(-c3ccncc3S)cc2)ccc1-c1ccncc1. The maximum atomic E-state index is 6.26. The Morgan fingerprint density at radius 3 is 2.08 bits per heavy atom. The molecule has 0 bridgehead atoms. The van der Waals surface area contributed by atoms with E-state index in [1.165, 1.54) is 0 Å². The van der Waals surface area contributed by atoms with Gasteiger partial charge in [-0.1, -0.05) is 0 Å². The van der Waals surface area contributed by atoms with Gasteiger partial charge in [-0.3, -0.25) is 9.97 Å². The van der Waals surface area contributed by atoms with Gasteiger partial charge in [0.05, 0.1) is 9.35 Å². The summed E-state index contributed by atoms with van der Waals surface area (Å²) in [6, 6.07) is 11.9. The van der Waals surface area contributed by atoms with E-state index in [0.717, 1.165) is 27.1 Å². The first kappa shape index (κ1) is 16.2. The third kappa shape index (κ3) is 3.14. The third-order valence-electron chi connectivity index (χ3n) is 4.16. The number of anilines is 1.